The zero-order chi connectivity index (χ0) is 17.2. The summed E-state index contributed by atoms with van der Waals surface area (Å²) in [6.45, 7) is 0. The molecule has 2 N–H and O–H groups in total. The van der Waals surface area contributed by atoms with Crippen molar-refractivity contribution in [3.8, 4) is 0 Å². The first kappa shape index (κ1) is 17.5. The predicted molar refractivity (Wildman–Crippen MR) is 82.8 cm³/mol. The van der Waals surface area contributed by atoms with Crippen LogP contribution >= 0.6 is 15.9 Å². The molecule has 2 rings (SSSR count). The third-order valence-electron chi connectivity index (χ3n) is 3.15. The normalized spacial score (nSPS) is 13.0. The number of aryl methyl sites for hydroxylation is 1. The summed E-state index contributed by atoms with van der Waals surface area (Å²) in [4.78, 5) is 12.3. The molecule has 1 amide bonds. The second-order valence-electron chi connectivity index (χ2n) is 4.85. The van der Waals surface area contributed by atoms with Crippen molar-refractivity contribution in [2.45, 2.75) is 12.2 Å². The highest BCUT2D eigenvalue weighted by atomic mass is 79.9. The lowest BCUT2D eigenvalue weighted by atomic mass is 10.1. The van der Waals surface area contributed by atoms with Crippen LogP contribution in [0.3, 0.4) is 0 Å². The van der Waals surface area contributed by atoms with Gasteiger partial charge in [-0.05, 0) is 25.2 Å². The van der Waals surface area contributed by atoms with Crippen molar-refractivity contribution in [3.05, 3.63) is 46.2 Å². The summed E-state index contributed by atoms with van der Waals surface area (Å²) in [5, 5.41) is 9.27. The molecule has 0 bridgehead atoms. The van der Waals surface area contributed by atoms with Crippen LogP contribution in [-0.4, -0.2) is 22.7 Å². The Morgan fingerprint density at radius 2 is 2.09 bits per heavy atom. The molecule has 1 aromatic heterocycles. The van der Waals surface area contributed by atoms with Crippen LogP contribution in [0.25, 0.3) is 0 Å². The van der Waals surface area contributed by atoms with E-state index in [4.69, 9.17) is 0 Å². The Bertz CT molecular complexity index is 714. The lowest BCUT2D eigenvalue weighted by Crippen LogP contribution is -2.30. The summed E-state index contributed by atoms with van der Waals surface area (Å²) < 4.78 is 40.1. The van der Waals surface area contributed by atoms with Gasteiger partial charge in [-0.3, -0.25) is 9.48 Å². The molecular weight excluding hydrogens is 377 g/mol. The number of hydrogen-bond acceptors (Lipinski definition) is 3. The second kappa shape index (κ2) is 6.71. The molecule has 1 aromatic carbocycles. The average molecular weight is 391 g/mol. The SMILES string of the molecule is CNC(C(=O)Nc1ccc(Br)c(C(F)(F)F)c1)c1cnn(C)c1. The molecule has 0 fully saturated rings. The summed E-state index contributed by atoms with van der Waals surface area (Å²) in [6, 6.07) is 2.81. The van der Waals surface area contributed by atoms with Crippen molar-refractivity contribution in [3.63, 3.8) is 0 Å². The van der Waals surface area contributed by atoms with Gasteiger partial charge in [-0.1, -0.05) is 15.9 Å². The Labute approximate surface area is 139 Å². The molecule has 0 aliphatic carbocycles. The Hall–Kier alpha value is -1.87. The van der Waals surface area contributed by atoms with Crippen molar-refractivity contribution in [2.24, 2.45) is 7.05 Å². The van der Waals surface area contributed by atoms with Gasteiger partial charge in [-0.15, -0.1) is 0 Å². The molecule has 2 aromatic rings. The minimum Gasteiger partial charge on any atom is -0.324 e. The van der Waals surface area contributed by atoms with E-state index in [1.807, 2.05) is 0 Å². The highest BCUT2D eigenvalue weighted by Gasteiger charge is 2.33. The fourth-order valence-corrected chi connectivity index (χ4v) is 2.54. The number of halogens is 4. The van der Waals surface area contributed by atoms with Crippen LogP contribution in [0.1, 0.15) is 17.2 Å². The lowest BCUT2D eigenvalue weighted by molar-refractivity contribution is -0.138. The van der Waals surface area contributed by atoms with Crippen molar-refractivity contribution >= 4 is 27.5 Å². The van der Waals surface area contributed by atoms with Crippen LogP contribution in [0.5, 0.6) is 0 Å². The number of benzene rings is 1. The molecule has 0 saturated carbocycles. The molecule has 0 saturated heterocycles. The molecular formula is C14H14BrF3N4O. The number of aromatic nitrogens is 2. The highest BCUT2D eigenvalue weighted by Crippen LogP contribution is 2.36. The van der Waals surface area contributed by atoms with Gasteiger partial charge < -0.3 is 10.6 Å². The average Bonchev–Trinajstić information content (AvgIpc) is 2.87. The first-order valence-corrected chi connectivity index (χ1v) is 7.35. The van der Waals surface area contributed by atoms with Crippen LogP contribution < -0.4 is 10.6 Å². The number of amides is 1. The number of anilines is 1. The van der Waals surface area contributed by atoms with Gasteiger partial charge in [0.2, 0.25) is 5.91 Å². The summed E-state index contributed by atoms with van der Waals surface area (Å²) in [5.41, 5.74) is -0.173. The van der Waals surface area contributed by atoms with Crippen LogP contribution in [-0.2, 0) is 18.0 Å². The van der Waals surface area contributed by atoms with E-state index in [1.165, 1.54) is 23.0 Å². The van der Waals surface area contributed by atoms with Gasteiger partial charge in [0.05, 0.1) is 11.8 Å². The first-order valence-electron chi connectivity index (χ1n) is 6.56. The predicted octanol–water partition coefficient (Wildman–Crippen LogP) is 3.10. The minimum absolute atomic E-state index is 0.0645. The number of alkyl halides is 3. The van der Waals surface area contributed by atoms with Gasteiger partial charge in [-0.2, -0.15) is 18.3 Å². The number of carbonyl (C=O) groups excluding carboxylic acids is 1. The fraction of sp³-hybridized carbons (Fsp3) is 0.286. The number of carbonyl (C=O) groups is 1. The molecule has 1 atom stereocenters. The maximum atomic E-state index is 12.9. The first-order chi connectivity index (χ1) is 10.7. The standard InChI is InChI=1S/C14H14BrF3N4O/c1-19-12(8-6-20-22(2)7-8)13(23)21-9-3-4-11(15)10(5-9)14(16,17)18/h3-7,12,19H,1-2H3,(H,21,23). The molecule has 5 nitrogen and oxygen atoms in total. The van der Waals surface area contributed by atoms with Crippen LogP contribution in [0.15, 0.2) is 35.1 Å². The Kier molecular flexibility index (Phi) is 5.10. The Morgan fingerprint density at radius 3 is 2.61 bits per heavy atom. The third-order valence-corrected chi connectivity index (χ3v) is 3.84. The van der Waals surface area contributed by atoms with Crippen LogP contribution in [0.4, 0.5) is 18.9 Å². The minimum atomic E-state index is -4.51. The van der Waals surface area contributed by atoms with E-state index in [0.717, 1.165) is 6.07 Å². The zero-order valence-electron chi connectivity index (χ0n) is 12.3. The lowest BCUT2D eigenvalue weighted by Gasteiger charge is -2.16. The summed E-state index contributed by atoms with van der Waals surface area (Å²) in [6.07, 6.45) is -1.34. The van der Waals surface area contributed by atoms with Crippen molar-refractivity contribution in [1.29, 1.82) is 0 Å². The fourth-order valence-electron chi connectivity index (χ4n) is 2.07. The number of nitrogens with one attached hydrogen (secondary N) is 2. The molecule has 0 radical (unpaired) electrons. The maximum Gasteiger partial charge on any atom is 0.417 e. The number of rotatable bonds is 4. The van der Waals surface area contributed by atoms with Gasteiger partial charge in [0.25, 0.3) is 0 Å². The number of likely N-dealkylation sites (N-methyl/N-ethyl adjacent to an activating group) is 1. The van der Waals surface area contributed by atoms with Gasteiger partial charge >= 0.3 is 6.18 Å². The van der Waals surface area contributed by atoms with E-state index in [0.29, 0.717) is 5.56 Å². The molecule has 0 aliphatic heterocycles. The molecule has 0 aliphatic rings. The van der Waals surface area contributed by atoms with Gasteiger partial charge in [-0.25, -0.2) is 0 Å². The molecule has 1 unspecified atom stereocenters. The quantitative estimate of drug-likeness (QED) is 0.843. The number of nitrogens with zero attached hydrogens (tertiary/aromatic N) is 2. The van der Waals surface area contributed by atoms with E-state index in [2.05, 4.69) is 31.7 Å². The number of hydrogen-bond donors (Lipinski definition) is 2. The molecule has 1 heterocycles. The monoisotopic (exact) mass is 390 g/mol. The van der Waals surface area contributed by atoms with Crippen molar-refractivity contribution in [2.75, 3.05) is 12.4 Å². The van der Waals surface area contributed by atoms with E-state index in [9.17, 15) is 18.0 Å². The van der Waals surface area contributed by atoms with Crippen molar-refractivity contribution in [1.82, 2.24) is 15.1 Å². The van der Waals surface area contributed by atoms with E-state index < -0.39 is 23.7 Å². The Morgan fingerprint density at radius 1 is 1.39 bits per heavy atom. The van der Waals surface area contributed by atoms with E-state index in [1.54, 1.807) is 20.3 Å². The zero-order valence-corrected chi connectivity index (χ0v) is 13.9. The largest absolute Gasteiger partial charge is 0.417 e. The van der Waals surface area contributed by atoms with Crippen LogP contribution in [0.2, 0.25) is 0 Å². The topological polar surface area (TPSA) is 59.0 Å². The molecule has 23 heavy (non-hydrogen) atoms. The van der Waals surface area contributed by atoms with Gasteiger partial charge in [0, 0.05) is 29.0 Å². The smallest absolute Gasteiger partial charge is 0.324 e. The van der Waals surface area contributed by atoms with Crippen molar-refractivity contribution < 1.29 is 18.0 Å². The Balaban J connectivity index is 2.22. The maximum absolute atomic E-state index is 12.9. The summed E-state index contributed by atoms with van der Waals surface area (Å²) >= 11 is 2.86. The second-order valence-corrected chi connectivity index (χ2v) is 5.70. The molecule has 9 heteroatoms. The summed E-state index contributed by atoms with van der Waals surface area (Å²) in [7, 11) is 3.29. The molecule has 0 spiro atoms. The third kappa shape index (κ3) is 4.11. The van der Waals surface area contributed by atoms with Gasteiger partial charge in [0.15, 0.2) is 0 Å². The van der Waals surface area contributed by atoms with E-state index >= 15 is 0 Å². The summed E-state index contributed by atoms with van der Waals surface area (Å²) in [5.74, 6) is -0.476. The van der Waals surface area contributed by atoms with Gasteiger partial charge in [0.1, 0.15) is 6.04 Å². The van der Waals surface area contributed by atoms with Crippen LogP contribution in [0, 0.1) is 0 Å². The highest BCUT2D eigenvalue weighted by molar-refractivity contribution is 9.10. The van der Waals surface area contributed by atoms with E-state index in [-0.39, 0.29) is 10.2 Å². The molecule has 124 valence electrons.